The standard InChI is InChI=1S/C19H15ClN4O3/c1-25-14-7-6-13(9-15(14)26-2)23-18-16-17(11-4-3-5-12(20)8-11)24-27-19(16)22-10-21-18/h3-10H,1-2H3,(H,21,22,23). The molecular formula is C19H15ClN4O3. The summed E-state index contributed by atoms with van der Waals surface area (Å²) < 4.78 is 16.0. The van der Waals surface area contributed by atoms with Crippen LogP contribution in [-0.2, 0) is 0 Å². The second-order valence-electron chi connectivity index (χ2n) is 5.64. The van der Waals surface area contributed by atoms with Gasteiger partial charge in [-0.15, -0.1) is 0 Å². The molecule has 4 rings (SSSR count). The number of anilines is 2. The quantitative estimate of drug-likeness (QED) is 0.535. The molecule has 0 aliphatic rings. The first-order valence-corrected chi connectivity index (χ1v) is 8.43. The maximum Gasteiger partial charge on any atom is 0.263 e. The molecule has 27 heavy (non-hydrogen) atoms. The zero-order valence-corrected chi connectivity index (χ0v) is 15.3. The summed E-state index contributed by atoms with van der Waals surface area (Å²) in [7, 11) is 3.18. The number of methoxy groups -OCH3 is 2. The maximum atomic E-state index is 6.11. The van der Waals surface area contributed by atoms with Gasteiger partial charge in [-0.3, -0.25) is 0 Å². The molecule has 0 radical (unpaired) electrons. The fraction of sp³-hybridized carbons (Fsp3) is 0.105. The minimum absolute atomic E-state index is 0.378. The average molecular weight is 383 g/mol. The summed E-state index contributed by atoms with van der Waals surface area (Å²) in [6.45, 7) is 0. The fourth-order valence-corrected chi connectivity index (χ4v) is 2.96. The summed E-state index contributed by atoms with van der Waals surface area (Å²) in [5, 5.41) is 8.68. The van der Waals surface area contributed by atoms with Crippen LogP contribution in [0, 0.1) is 0 Å². The van der Waals surface area contributed by atoms with Gasteiger partial charge >= 0.3 is 0 Å². The van der Waals surface area contributed by atoms with Gasteiger partial charge in [0.2, 0.25) is 0 Å². The minimum atomic E-state index is 0.378. The van der Waals surface area contributed by atoms with Crippen molar-refractivity contribution in [1.29, 1.82) is 0 Å². The average Bonchev–Trinajstić information content (AvgIpc) is 3.13. The van der Waals surface area contributed by atoms with E-state index in [9.17, 15) is 0 Å². The number of nitrogens with zero attached hydrogens (tertiary/aromatic N) is 3. The zero-order valence-electron chi connectivity index (χ0n) is 14.6. The summed E-state index contributed by atoms with van der Waals surface area (Å²) >= 11 is 6.11. The van der Waals surface area contributed by atoms with Crippen LogP contribution < -0.4 is 14.8 Å². The van der Waals surface area contributed by atoms with Crippen LogP contribution >= 0.6 is 11.6 Å². The number of benzene rings is 2. The molecule has 0 atom stereocenters. The summed E-state index contributed by atoms with van der Waals surface area (Å²) in [4.78, 5) is 8.51. The number of halogens is 1. The predicted octanol–water partition coefficient (Wildman–Crippen LogP) is 4.70. The van der Waals surface area contributed by atoms with Crippen LogP contribution in [0.4, 0.5) is 11.5 Å². The molecule has 136 valence electrons. The monoisotopic (exact) mass is 382 g/mol. The highest BCUT2D eigenvalue weighted by atomic mass is 35.5. The predicted molar refractivity (Wildman–Crippen MR) is 103 cm³/mol. The molecule has 0 amide bonds. The van der Waals surface area contributed by atoms with Gasteiger partial charge in [0.1, 0.15) is 23.2 Å². The van der Waals surface area contributed by atoms with Gasteiger partial charge in [-0.05, 0) is 24.3 Å². The zero-order chi connectivity index (χ0) is 18.8. The van der Waals surface area contributed by atoms with E-state index in [1.54, 1.807) is 20.3 Å². The van der Waals surface area contributed by atoms with Gasteiger partial charge in [0, 0.05) is 22.3 Å². The van der Waals surface area contributed by atoms with Crippen LogP contribution in [0.15, 0.2) is 53.3 Å². The molecule has 2 aromatic carbocycles. The third-order valence-corrected chi connectivity index (χ3v) is 4.25. The van der Waals surface area contributed by atoms with Crippen LogP contribution in [0.25, 0.3) is 22.4 Å². The maximum absolute atomic E-state index is 6.11. The first-order valence-electron chi connectivity index (χ1n) is 8.05. The Labute approximate surface area is 159 Å². The molecule has 4 aromatic rings. The topological polar surface area (TPSA) is 82.3 Å². The normalized spacial score (nSPS) is 10.8. The second kappa shape index (κ2) is 7.13. The lowest BCUT2D eigenvalue weighted by Crippen LogP contribution is -1.97. The van der Waals surface area contributed by atoms with E-state index in [-0.39, 0.29) is 0 Å². The van der Waals surface area contributed by atoms with Crippen LogP contribution in [-0.4, -0.2) is 29.3 Å². The van der Waals surface area contributed by atoms with Gasteiger partial charge in [-0.2, -0.15) is 4.98 Å². The van der Waals surface area contributed by atoms with Crippen LogP contribution in [0.5, 0.6) is 11.5 Å². The third kappa shape index (κ3) is 3.24. The summed E-state index contributed by atoms with van der Waals surface area (Å²) in [5.41, 5.74) is 2.57. The highest BCUT2D eigenvalue weighted by Crippen LogP contribution is 2.35. The first-order chi connectivity index (χ1) is 13.2. The van der Waals surface area contributed by atoms with E-state index in [4.69, 9.17) is 25.6 Å². The van der Waals surface area contributed by atoms with Crippen molar-refractivity contribution in [2.45, 2.75) is 0 Å². The number of aromatic nitrogens is 3. The Hall–Kier alpha value is -3.32. The molecule has 0 bridgehead atoms. The van der Waals surface area contributed by atoms with Gasteiger partial charge in [-0.25, -0.2) is 4.98 Å². The fourth-order valence-electron chi connectivity index (χ4n) is 2.76. The molecule has 0 fully saturated rings. The molecule has 2 aromatic heterocycles. The summed E-state index contributed by atoms with van der Waals surface area (Å²) in [6.07, 6.45) is 1.42. The van der Waals surface area contributed by atoms with Crippen molar-refractivity contribution in [2.75, 3.05) is 19.5 Å². The van der Waals surface area contributed by atoms with E-state index in [1.807, 2.05) is 36.4 Å². The van der Waals surface area contributed by atoms with E-state index in [0.29, 0.717) is 39.1 Å². The van der Waals surface area contributed by atoms with Crippen LogP contribution in [0.2, 0.25) is 5.02 Å². The van der Waals surface area contributed by atoms with Crippen molar-refractivity contribution in [1.82, 2.24) is 15.1 Å². The van der Waals surface area contributed by atoms with Gasteiger partial charge in [0.25, 0.3) is 5.71 Å². The largest absolute Gasteiger partial charge is 0.493 e. The molecular weight excluding hydrogens is 368 g/mol. The number of fused-ring (bicyclic) bond motifs is 1. The van der Waals surface area contributed by atoms with Gasteiger partial charge in [0.05, 0.1) is 14.2 Å². The van der Waals surface area contributed by atoms with Crippen molar-refractivity contribution in [2.24, 2.45) is 0 Å². The van der Waals surface area contributed by atoms with Gasteiger partial charge in [0.15, 0.2) is 11.5 Å². The van der Waals surface area contributed by atoms with Crippen LogP contribution in [0.1, 0.15) is 0 Å². The number of hydrogen-bond donors (Lipinski definition) is 1. The number of rotatable bonds is 5. The lowest BCUT2D eigenvalue weighted by Gasteiger charge is -2.11. The molecule has 0 saturated carbocycles. The molecule has 0 aliphatic heterocycles. The lowest BCUT2D eigenvalue weighted by atomic mass is 10.1. The first kappa shape index (κ1) is 17.1. The summed E-state index contributed by atoms with van der Waals surface area (Å²) in [5.74, 6) is 1.80. The smallest absolute Gasteiger partial charge is 0.263 e. The van der Waals surface area contributed by atoms with E-state index < -0.39 is 0 Å². The Morgan fingerprint density at radius 2 is 1.85 bits per heavy atom. The van der Waals surface area contributed by atoms with E-state index >= 15 is 0 Å². The molecule has 2 heterocycles. The number of nitrogens with one attached hydrogen (secondary N) is 1. The van der Waals surface area contributed by atoms with Crippen molar-refractivity contribution in [3.8, 4) is 22.8 Å². The third-order valence-electron chi connectivity index (χ3n) is 4.02. The Bertz CT molecular complexity index is 1110. The van der Waals surface area contributed by atoms with E-state index in [2.05, 4.69) is 20.4 Å². The SMILES string of the molecule is COc1ccc(Nc2ncnc3onc(-c4cccc(Cl)c4)c23)cc1OC. The van der Waals surface area contributed by atoms with Crippen molar-refractivity contribution in [3.05, 3.63) is 53.8 Å². The Morgan fingerprint density at radius 3 is 2.63 bits per heavy atom. The molecule has 0 spiro atoms. The molecule has 0 unspecified atom stereocenters. The lowest BCUT2D eigenvalue weighted by molar-refractivity contribution is 0.355. The molecule has 0 saturated heterocycles. The van der Waals surface area contributed by atoms with E-state index in [1.165, 1.54) is 6.33 Å². The Balaban J connectivity index is 1.80. The van der Waals surface area contributed by atoms with Crippen molar-refractivity contribution >= 4 is 34.2 Å². The Kier molecular flexibility index (Phi) is 4.52. The second-order valence-corrected chi connectivity index (χ2v) is 6.08. The highest BCUT2D eigenvalue weighted by molar-refractivity contribution is 6.30. The molecule has 8 heteroatoms. The molecule has 7 nitrogen and oxygen atoms in total. The van der Waals surface area contributed by atoms with Crippen molar-refractivity contribution in [3.63, 3.8) is 0 Å². The summed E-state index contributed by atoms with van der Waals surface area (Å²) in [6, 6.07) is 12.9. The number of ether oxygens (including phenoxy) is 2. The van der Waals surface area contributed by atoms with Crippen LogP contribution in [0.3, 0.4) is 0 Å². The van der Waals surface area contributed by atoms with Gasteiger partial charge in [-0.1, -0.05) is 28.9 Å². The highest BCUT2D eigenvalue weighted by Gasteiger charge is 2.17. The minimum Gasteiger partial charge on any atom is -0.493 e. The Morgan fingerprint density at radius 1 is 1.00 bits per heavy atom. The number of hydrogen-bond acceptors (Lipinski definition) is 7. The molecule has 1 N–H and O–H groups in total. The van der Waals surface area contributed by atoms with Gasteiger partial charge < -0.3 is 19.3 Å². The van der Waals surface area contributed by atoms with Crippen molar-refractivity contribution < 1.29 is 14.0 Å². The van der Waals surface area contributed by atoms with E-state index in [0.717, 1.165) is 11.3 Å². The molecule has 0 aliphatic carbocycles.